The minimum Gasteiger partial charge on any atom is -0.491 e. The van der Waals surface area contributed by atoms with Crippen LogP contribution in [0.15, 0.2) is 22.7 Å². The molecule has 0 aliphatic carbocycles. The Morgan fingerprint density at radius 2 is 2.38 bits per heavy atom. The maximum atomic E-state index is 5.82. The maximum Gasteiger partial charge on any atom is 0.119 e. The highest BCUT2D eigenvalue weighted by atomic mass is 79.9. The molecule has 0 radical (unpaired) electrons. The predicted octanol–water partition coefficient (Wildman–Crippen LogP) is 3.75. The Morgan fingerprint density at radius 3 is 3.06 bits per heavy atom. The van der Waals surface area contributed by atoms with Crippen LogP contribution in [-0.4, -0.2) is 19.3 Å². The third-order valence-electron chi connectivity index (χ3n) is 2.62. The molecule has 0 N–H and O–H groups in total. The summed E-state index contributed by atoms with van der Waals surface area (Å²) in [6, 6.07) is 5.86. The number of hydrogen-bond acceptors (Lipinski definition) is 2. The van der Waals surface area contributed by atoms with Gasteiger partial charge in [0.05, 0.1) is 6.10 Å². The Kier molecular flexibility index (Phi) is 4.50. The Hall–Kier alpha value is -0.250. The van der Waals surface area contributed by atoms with E-state index in [1.165, 1.54) is 0 Å². The highest BCUT2D eigenvalue weighted by Gasteiger charge is 2.16. The molecule has 1 aliphatic rings. The van der Waals surface area contributed by atoms with Crippen LogP contribution in [0.2, 0.25) is 0 Å². The summed E-state index contributed by atoms with van der Waals surface area (Å²) in [6.45, 7) is 1.49. The zero-order valence-corrected chi connectivity index (χ0v) is 11.3. The van der Waals surface area contributed by atoms with Gasteiger partial charge in [0.2, 0.25) is 0 Å². The summed E-state index contributed by atoms with van der Waals surface area (Å²) < 4.78 is 12.2. The van der Waals surface area contributed by atoms with Gasteiger partial charge in [0, 0.05) is 17.0 Å². The first-order valence-electron chi connectivity index (χ1n) is 5.38. The average molecular weight is 306 g/mol. The molecular formula is C12H14BrClO2. The van der Waals surface area contributed by atoms with Crippen molar-refractivity contribution in [1.82, 2.24) is 0 Å². The molecule has 2 rings (SSSR count). The summed E-state index contributed by atoms with van der Waals surface area (Å²) in [5.41, 5.74) is 1.05. The molecule has 88 valence electrons. The lowest BCUT2D eigenvalue weighted by Crippen LogP contribution is -2.16. The molecule has 0 saturated carbocycles. The molecule has 1 atom stereocenters. The fourth-order valence-corrected chi connectivity index (χ4v) is 2.48. The van der Waals surface area contributed by atoms with E-state index in [2.05, 4.69) is 15.9 Å². The summed E-state index contributed by atoms with van der Waals surface area (Å²) in [4.78, 5) is 0. The minimum atomic E-state index is 0.253. The summed E-state index contributed by atoms with van der Waals surface area (Å²) >= 11 is 9.26. The normalized spacial score (nSPS) is 20.0. The number of ether oxygens (including phenoxy) is 2. The standard InChI is InChI=1S/C12H14BrClO2/c13-12-4-3-10(6-9(12)7-14)16-8-11-2-1-5-15-11/h3-4,6,11H,1-2,5,7-8H2. The van der Waals surface area contributed by atoms with Gasteiger partial charge in [-0.15, -0.1) is 11.6 Å². The van der Waals surface area contributed by atoms with Crippen LogP contribution in [0.4, 0.5) is 0 Å². The highest BCUT2D eigenvalue weighted by Crippen LogP contribution is 2.24. The summed E-state index contributed by atoms with van der Waals surface area (Å²) in [5.74, 6) is 1.34. The molecule has 0 spiro atoms. The Bertz CT molecular complexity index is 351. The van der Waals surface area contributed by atoms with Crippen LogP contribution >= 0.6 is 27.5 Å². The first-order valence-corrected chi connectivity index (χ1v) is 6.71. The molecule has 2 nitrogen and oxygen atoms in total. The second-order valence-corrected chi connectivity index (χ2v) is 4.95. The smallest absolute Gasteiger partial charge is 0.119 e. The largest absolute Gasteiger partial charge is 0.491 e. The molecule has 1 unspecified atom stereocenters. The maximum absolute atomic E-state index is 5.82. The van der Waals surface area contributed by atoms with Crippen LogP contribution in [0.3, 0.4) is 0 Å². The van der Waals surface area contributed by atoms with Crippen molar-refractivity contribution in [3.63, 3.8) is 0 Å². The molecular weight excluding hydrogens is 291 g/mol. The molecule has 0 aromatic heterocycles. The topological polar surface area (TPSA) is 18.5 Å². The lowest BCUT2D eigenvalue weighted by molar-refractivity contribution is 0.0679. The fourth-order valence-electron chi connectivity index (χ4n) is 1.71. The van der Waals surface area contributed by atoms with Crippen LogP contribution in [0, 0.1) is 0 Å². The van der Waals surface area contributed by atoms with E-state index < -0.39 is 0 Å². The molecule has 0 bridgehead atoms. The van der Waals surface area contributed by atoms with Gasteiger partial charge in [0.15, 0.2) is 0 Å². The fraction of sp³-hybridized carbons (Fsp3) is 0.500. The van der Waals surface area contributed by atoms with Crippen molar-refractivity contribution in [1.29, 1.82) is 0 Å². The van der Waals surface area contributed by atoms with E-state index in [9.17, 15) is 0 Å². The van der Waals surface area contributed by atoms with Gasteiger partial charge in [0.25, 0.3) is 0 Å². The molecule has 1 fully saturated rings. The van der Waals surface area contributed by atoms with E-state index in [4.69, 9.17) is 21.1 Å². The van der Waals surface area contributed by atoms with Gasteiger partial charge in [0.1, 0.15) is 12.4 Å². The van der Waals surface area contributed by atoms with Crippen molar-refractivity contribution in [2.75, 3.05) is 13.2 Å². The number of rotatable bonds is 4. The van der Waals surface area contributed by atoms with Gasteiger partial charge in [-0.1, -0.05) is 15.9 Å². The van der Waals surface area contributed by atoms with Gasteiger partial charge >= 0.3 is 0 Å². The molecule has 0 amide bonds. The second kappa shape index (κ2) is 5.89. The third kappa shape index (κ3) is 3.12. The van der Waals surface area contributed by atoms with E-state index in [-0.39, 0.29) is 6.10 Å². The summed E-state index contributed by atoms with van der Waals surface area (Å²) in [7, 11) is 0. The van der Waals surface area contributed by atoms with Gasteiger partial charge < -0.3 is 9.47 Å². The quantitative estimate of drug-likeness (QED) is 0.789. The van der Waals surface area contributed by atoms with Crippen LogP contribution in [0.5, 0.6) is 5.75 Å². The molecule has 1 heterocycles. The monoisotopic (exact) mass is 304 g/mol. The van der Waals surface area contributed by atoms with Crippen molar-refractivity contribution in [2.24, 2.45) is 0 Å². The first-order chi connectivity index (χ1) is 7.79. The van der Waals surface area contributed by atoms with Gasteiger partial charge in [-0.05, 0) is 36.6 Å². The number of alkyl halides is 1. The van der Waals surface area contributed by atoms with Crippen molar-refractivity contribution in [3.05, 3.63) is 28.2 Å². The molecule has 16 heavy (non-hydrogen) atoms. The van der Waals surface area contributed by atoms with Gasteiger partial charge in [-0.25, -0.2) is 0 Å². The minimum absolute atomic E-state index is 0.253. The van der Waals surface area contributed by atoms with Crippen molar-refractivity contribution in [3.8, 4) is 5.75 Å². The van der Waals surface area contributed by atoms with Crippen molar-refractivity contribution >= 4 is 27.5 Å². The van der Waals surface area contributed by atoms with Crippen molar-refractivity contribution in [2.45, 2.75) is 24.8 Å². The lowest BCUT2D eigenvalue weighted by Gasteiger charge is -2.12. The molecule has 1 aromatic carbocycles. The summed E-state index contributed by atoms with van der Waals surface area (Å²) in [6.07, 6.45) is 2.49. The van der Waals surface area contributed by atoms with Crippen LogP contribution in [0.25, 0.3) is 0 Å². The van der Waals surface area contributed by atoms with Gasteiger partial charge in [-0.2, -0.15) is 0 Å². The number of halogens is 2. The average Bonchev–Trinajstić information content (AvgIpc) is 2.81. The van der Waals surface area contributed by atoms with E-state index in [1.54, 1.807) is 0 Å². The van der Waals surface area contributed by atoms with E-state index in [0.29, 0.717) is 12.5 Å². The molecule has 1 aliphatic heterocycles. The molecule has 1 aromatic rings. The van der Waals surface area contributed by atoms with E-state index in [0.717, 1.165) is 35.2 Å². The highest BCUT2D eigenvalue weighted by molar-refractivity contribution is 9.10. The van der Waals surface area contributed by atoms with Crippen LogP contribution in [0.1, 0.15) is 18.4 Å². The van der Waals surface area contributed by atoms with E-state index in [1.807, 2.05) is 18.2 Å². The Labute approximate surface area is 109 Å². The number of benzene rings is 1. The lowest BCUT2D eigenvalue weighted by atomic mass is 10.2. The Balaban J connectivity index is 1.93. The second-order valence-electron chi connectivity index (χ2n) is 3.83. The third-order valence-corrected chi connectivity index (χ3v) is 3.68. The van der Waals surface area contributed by atoms with Crippen LogP contribution in [-0.2, 0) is 10.6 Å². The predicted molar refractivity (Wildman–Crippen MR) is 68.2 cm³/mol. The molecule has 4 heteroatoms. The first kappa shape index (κ1) is 12.2. The zero-order valence-electron chi connectivity index (χ0n) is 8.92. The SMILES string of the molecule is ClCc1cc(OCC2CCCO2)ccc1Br. The van der Waals surface area contributed by atoms with Crippen LogP contribution < -0.4 is 4.74 Å². The van der Waals surface area contributed by atoms with E-state index >= 15 is 0 Å². The molecule has 1 saturated heterocycles. The van der Waals surface area contributed by atoms with Crippen molar-refractivity contribution < 1.29 is 9.47 Å². The zero-order chi connectivity index (χ0) is 11.4. The Morgan fingerprint density at radius 1 is 1.50 bits per heavy atom. The number of hydrogen-bond donors (Lipinski definition) is 0. The van der Waals surface area contributed by atoms with Gasteiger partial charge in [-0.3, -0.25) is 0 Å². The summed E-state index contributed by atoms with van der Waals surface area (Å²) in [5, 5.41) is 0.